The summed E-state index contributed by atoms with van der Waals surface area (Å²) in [7, 11) is 0. The van der Waals surface area contributed by atoms with Crippen LogP contribution in [0.2, 0.25) is 0 Å². The number of nitrogens with zero attached hydrogens (tertiary/aromatic N) is 1. The highest BCUT2D eigenvalue weighted by Gasteiger charge is 2.16. The number of aliphatic imine (C=N–C) groups is 1. The summed E-state index contributed by atoms with van der Waals surface area (Å²) < 4.78 is 5.39. The molecule has 2 N–H and O–H groups in total. The fourth-order valence-corrected chi connectivity index (χ4v) is 3.71. The van der Waals surface area contributed by atoms with Gasteiger partial charge in [-0.2, -0.15) is 11.8 Å². The molecule has 2 aliphatic rings. The van der Waals surface area contributed by atoms with Gasteiger partial charge in [-0.3, -0.25) is 4.99 Å². The summed E-state index contributed by atoms with van der Waals surface area (Å²) in [5, 5.41) is 7.60. The Morgan fingerprint density at radius 2 is 2.05 bits per heavy atom. The highest BCUT2D eigenvalue weighted by Crippen LogP contribution is 2.25. The van der Waals surface area contributed by atoms with E-state index >= 15 is 0 Å². The highest BCUT2D eigenvalue weighted by molar-refractivity contribution is 14.0. The lowest BCUT2D eigenvalue weighted by Gasteiger charge is -2.21. The van der Waals surface area contributed by atoms with Crippen LogP contribution in [0.3, 0.4) is 0 Å². The molecule has 2 heterocycles. The number of halogens is 1. The van der Waals surface area contributed by atoms with Gasteiger partial charge in [0.1, 0.15) is 0 Å². The molecule has 2 rings (SSSR count). The van der Waals surface area contributed by atoms with E-state index in [-0.39, 0.29) is 24.0 Å². The van der Waals surface area contributed by atoms with E-state index in [2.05, 4.69) is 29.3 Å². The number of rotatable bonds is 5. The fraction of sp³-hybridized carbons (Fsp3) is 0.929. The SMILES string of the molecule is CCNC(=NCC1CCOCC1)NCC1CCCS1.I. The van der Waals surface area contributed by atoms with Crippen LogP contribution in [-0.2, 0) is 4.74 Å². The normalized spacial score (nSPS) is 24.2. The van der Waals surface area contributed by atoms with E-state index < -0.39 is 0 Å². The van der Waals surface area contributed by atoms with Crippen LogP contribution in [0.4, 0.5) is 0 Å². The van der Waals surface area contributed by atoms with Crippen molar-refractivity contribution in [2.45, 2.75) is 37.9 Å². The predicted octanol–water partition coefficient (Wildman–Crippen LogP) is 2.48. The lowest BCUT2D eigenvalue weighted by molar-refractivity contribution is 0.0689. The summed E-state index contributed by atoms with van der Waals surface area (Å²) in [4.78, 5) is 4.73. The zero-order chi connectivity index (χ0) is 13.3. The molecule has 0 aromatic carbocycles. The molecular formula is C14H28IN3OS. The number of ether oxygens (including phenoxy) is 1. The molecule has 0 saturated carbocycles. The summed E-state index contributed by atoms with van der Waals surface area (Å²) in [5.41, 5.74) is 0. The van der Waals surface area contributed by atoms with Crippen molar-refractivity contribution in [3.05, 3.63) is 0 Å². The van der Waals surface area contributed by atoms with E-state index in [1.807, 2.05) is 0 Å². The van der Waals surface area contributed by atoms with E-state index in [0.717, 1.165) is 56.9 Å². The summed E-state index contributed by atoms with van der Waals surface area (Å²) >= 11 is 2.09. The summed E-state index contributed by atoms with van der Waals surface area (Å²) in [6, 6.07) is 0. The maximum atomic E-state index is 5.39. The van der Waals surface area contributed by atoms with Crippen LogP contribution in [0.25, 0.3) is 0 Å². The number of thioether (sulfide) groups is 1. The third-order valence-corrected chi connectivity index (χ3v) is 5.11. The Balaban J connectivity index is 0.00000200. The quantitative estimate of drug-likeness (QED) is 0.413. The maximum absolute atomic E-state index is 5.39. The molecule has 1 unspecified atom stereocenters. The van der Waals surface area contributed by atoms with Gasteiger partial charge in [0.25, 0.3) is 0 Å². The average Bonchev–Trinajstić information content (AvgIpc) is 2.96. The molecule has 0 radical (unpaired) electrons. The molecule has 0 aromatic heterocycles. The van der Waals surface area contributed by atoms with Crippen molar-refractivity contribution in [3.63, 3.8) is 0 Å². The van der Waals surface area contributed by atoms with Gasteiger partial charge in [-0.1, -0.05) is 0 Å². The first-order valence-electron chi connectivity index (χ1n) is 7.60. The molecular weight excluding hydrogens is 385 g/mol. The molecule has 2 saturated heterocycles. The predicted molar refractivity (Wildman–Crippen MR) is 98.4 cm³/mol. The lowest BCUT2D eigenvalue weighted by Crippen LogP contribution is -2.40. The minimum absolute atomic E-state index is 0. The first-order valence-corrected chi connectivity index (χ1v) is 8.65. The van der Waals surface area contributed by atoms with Gasteiger partial charge >= 0.3 is 0 Å². The van der Waals surface area contributed by atoms with Crippen molar-refractivity contribution < 1.29 is 4.74 Å². The Morgan fingerprint density at radius 3 is 2.70 bits per heavy atom. The van der Waals surface area contributed by atoms with Crippen molar-refractivity contribution in [1.29, 1.82) is 0 Å². The second kappa shape index (κ2) is 11.0. The maximum Gasteiger partial charge on any atom is 0.191 e. The molecule has 0 aromatic rings. The molecule has 118 valence electrons. The first kappa shape index (κ1) is 18.4. The molecule has 2 fully saturated rings. The molecule has 0 bridgehead atoms. The van der Waals surface area contributed by atoms with Crippen LogP contribution in [0, 0.1) is 5.92 Å². The third-order valence-electron chi connectivity index (χ3n) is 3.71. The van der Waals surface area contributed by atoms with E-state index in [4.69, 9.17) is 9.73 Å². The zero-order valence-corrected chi connectivity index (χ0v) is 15.5. The van der Waals surface area contributed by atoms with Gasteiger partial charge < -0.3 is 15.4 Å². The van der Waals surface area contributed by atoms with Gasteiger partial charge in [0.2, 0.25) is 0 Å². The Kier molecular flexibility index (Phi) is 10.1. The van der Waals surface area contributed by atoms with Crippen LogP contribution >= 0.6 is 35.7 Å². The van der Waals surface area contributed by atoms with Crippen molar-refractivity contribution in [2.24, 2.45) is 10.9 Å². The number of hydrogen-bond acceptors (Lipinski definition) is 3. The summed E-state index contributed by atoms with van der Waals surface area (Å²) in [6.07, 6.45) is 5.02. The second-order valence-electron chi connectivity index (χ2n) is 5.29. The average molecular weight is 413 g/mol. The molecule has 6 heteroatoms. The van der Waals surface area contributed by atoms with Crippen LogP contribution < -0.4 is 10.6 Å². The molecule has 0 spiro atoms. The standard InChI is InChI=1S/C14H27N3OS.HI/c1-2-15-14(17-11-13-4-3-9-19-13)16-10-12-5-7-18-8-6-12;/h12-13H,2-11H2,1H3,(H2,15,16,17);1H. The molecule has 20 heavy (non-hydrogen) atoms. The second-order valence-corrected chi connectivity index (χ2v) is 6.70. The van der Waals surface area contributed by atoms with Crippen LogP contribution in [0.5, 0.6) is 0 Å². The number of hydrogen-bond donors (Lipinski definition) is 2. The van der Waals surface area contributed by atoms with Crippen molar-refractivity contribution in [2.75, 3.05) is 38.6 Å². The highest BCUT2D eigenvalue weighted by atomic mass is 127. The van der Waals surface area contributed by atoms with Crippen molar-refractivity contribution >= 4 is 41.7 Å². The smallest absolute Gasteiger partial charge is 0.191 e. The molecule has 4 nitrogen and oxygen atoms in total. The van der Waals surface area contributed by atoms with E-state index in [1.54, 1.807) is 0 Å². The van der Waals surface area contributed by atoms with Gasteiger partial charge in [-0.15, -0.1) is 24.0 Å². The van der Waals surface area contributed by atoms with Gasteiger partial charge in [-0.25, -0.2) is 0 Å². The third kappa shape index (κ3) is 6.85. The Labute approximate surface area is 144 Å². The van der Waals surface area contributed by atoms with Gasteiger partial charge in [0, 0.05) is 38.1 Å². The Morgan fingerprint density at radius 1 is 1.25 bits per heavy atom. The molecule has 0 amide bonds. The monoisotopic (exact) mass is 413 g/mol. The lowest BCUT2D eigenvalue weighted by atomic mass is 10.0. The topological polar surface area (TPSA) is 45.7 Å². The first-order chi connectivity index (χ1) is 9.38. The van der Waals surface area contributed by atoms with E-state index in [9.17, 15) is 0 Å². The number of nitrogens with one attached hydrogen (secondary N) is 2. The number of guanidine groups is 1. The molecule has 1 atom stereocenters. The van der Waals surface area contributed by atoms with Crippen LogP contribution in [-0.4, -0.2) is 49.8 Å². The zero-order valence-electron chi connectivity index (χ0n) is 12.4. The Bertz CT molecular complexity index is 280. The minimum Gasteiger partial charge on any atom is -0.381 e. The van der Waals surface area contributed by atoms with Gasteiger partial charge in [0.05, 0.1) is 0 Å². The molecule has 0 aliphatic carbocycles. The molecule has 2 aliphatic heterocycles. The van der Waals surface area contributed by atoms with E-state index in [1.165, 1.54) is 18.6 Å². The van der Waals surface area contributed by atoms with Crippen LogP contribution in [0.1, 0.15) is 32.6 Å². The van der Waals surface area contributed by atoms with E-state index in [0.29, 0.717) is 5.92 Å². The van der Waals surface area contributed by atoms with Crippen molar-refractivity contribution in [1.82, 2.24) is 10.6 Å². The minimum atomic E-state index is 0. The Hall–Kier alpha value is 0.310. The fourth-order valence-electron chi connectivity index (χ4n) is 2.51. The summed E-state index contributed by atoms with van der Waals surface area (Å²) in [6.45, 7) is 6.83. The van der Waals surface area contributed by atoms with Gasteiger partial charge in [0.15, 0.2) is 5.96 Å². The van der Waals surface area contributed by atoms with Gasteiger partial charge in [-0.05, 0) is 44.3 Å². The largest absolute Gasteiger partial charge is 0.381 e. The van der Waals surface area contributed by atoms with Crippen molar-refractivity contribution in [3.8, 4) is 0 Å². The summed E-state index contributed by atoms with van der Waals surface area (Å²) in [5.74, 6) is 3.01. The van der Waals surface area contributed by atoms with Crippen LogP contribution in [0.15, 0.2) is 4.99 Å².